The number of sulfonamides is 1. The van der Waals surface area contributed by atoms with Gasteiger partial charge in [0.15, 0.2) is 5.60 Å². The summed E-state index contributed by atoms with van der Waals surface area (Å²) in [6.07, 6.45) is -4.95. The van der Waals surface area contributed by atoms with Crippen LogP contribution in [0.15, 0.2) is 23.2 Å². The molecular formula is C10H10ClF3N2O3S. The maximum atomic E-state index is 12.4. The fourth-order valence-electron chi connectivity index (χ4n) is 1.92. The van der Waals surface area contributed by atoms with Crippen LogP contribution < -0.4 is 4.72 Å². The second-order valence-electron chi connectivity index (χ2n) is 4.55. The van der Waals surface area contributed by atoms with Gasteiger partial charge in [-0.15, -0.1) is 0 Å². The molecule has 0 aliphatic heterocycles. The Morgan fingerprint density at radius 1 is 1.45 bits per heavy atom. The first kappa shape index (κ1) is 15.5. The van der Waals surface area contributed by atoms with Crippen molar-refractivity contribution in [2.75, 3.05) is 0 Å². The molecule has 0 spiro atoms. The molecule has 2 N–H and O–H groups in total. The van der Waals surface area contributed by atoms with Crippen molar-refractivity contribution in [2.24, 2.45) is 0 Å². The van der Waals surface area contributed by atoms with E-state index in [1.807, 2.05) is 0 Å². The maximum Gasteiger partial charge on any atom is 0.417 e. The van der Waals surface area contributed by atoms with Gasteiger partial charge in [-0.1, -0.05) is 11.6 Å². The standard InChI is InChI=1S/C10H10ClF3N2O3S/c11-8-7(2-1-3-15-8)20(18,19)16-6-4-9(17,5-6)10(12,13)14/h1-3,6,16-17H,4-5H2. The zero-order valence-corrected chi connectivity index (χ0v) is 11.4. The highest BCUT2D eigenvalue weighted by Crippen LogP contribution is 2.45. The minimum Gasteiger partial charge on any atom is -0.380 e. The van der Waals surface area contributed by atoms with E-state index in [1.54, 1.807) is 0 Å². The molecule has 1 aromatic heterocycles. The monoisotopic (exact) mass is 330 g/mol. The Kier molecular flexibility index (Phi) is 3.74. The average molecular weight is 331 g/mol. The second-order valence-corrected chi connectivity index (χ2v) is 6.59. The van der Waals surface area contributed by atoms with E-state index in [0.29, 0.717) is 0 Å². The molecule has 0 radical (unpaired) electrons. The van der Waals surface area contributed by atoms with Crippen molar-refractivity contribution in [3.63, 3.8) is 0 Å². The predicted molar refractivity (Wildman–Crippen MR) is 63.6 cm³/mol. The summed E-state index contributed by atoms with van der Waals surface area (Å²) in [4.78, 5) is 3.27. The third-order valence-electron chi connectivity index (χ3n) is 3.03. The molecule has 0 saturated heterocycles. The first-order valence-corrected chi connectivity index (χ1v) is 7.33. The van der Waals surface area contributed by atoms with E-state index < -0.39 is 40.7 Å². The molecule has 2 rings (SSSR count). The van der Waals surface area contributed by atoms with Crippen LogP contribution in [0.5, 0.6) is 0 Å². The molecule has 10 heteroatoms. The Hall–Kier alpha value is -0.900. The fraction of sp³-hybridized carbons (Fsp3) is 0.500. The van der Waals surface area contributed by atoms with E-state index in [0.717, 1.165) is 0 Å². The summed E-state index contributed by atoms with van der Waals surface area (Å²) in [5.41, 5.74) is -2.83. The molecule has 1 aliphatic rings. The van der Waals surface area contributed by atoms with Crippen LogP contribution in [0.2, 0.25) is 5.15 Å². The van der Waals surface area contributed by atoms with Crippen molar-refractivity contribution in [2.45, 2.75) is 35.6 Å². The molecule has 0 aromatic carbocycles. The number of aromatic nitrogens is 1. The average Bonchev–Trinajstić information content (AvgIpc) is 2.25. The highest BCUT2D eigenvalue weighted by Gasteiger charge is 2.61. The Morgan fingerprint density at radius 3 is 2.55 bits per heavy atom. The van der Waals surface area contributed by atoms with Crippen molar-refractivity contribution in [1.82, 2.24) is 9.71 Å². The van der Waals surface area contributed by atoms with E-state index in [9.17, 15) is 26.7 Å². The lowest BCUT2D eigenvalue weighted by atomic mass is 9.76. The van der Waals surface area contributed by atoms with Gasteiger partial charge in [0, 0.05) is 25.1 Å². The number of rotatable bonds is 3. The number of halogens is 4. The zero-order chi connectivity index (χ0) is 15.2. The number of aliphatic hydroxyl groups is 1. The molecule has 0 amide bonds. The molecule has 0 atom stereocenters. The Balaban J connectivity index is 2.08. The van der Waals surface area contributed by atoms with Crippen LogP contribution in [0.3, 0.4) is 0 Å². The van der Waals surface area contributed by atoms with Crippen LogP contribution in [-0.4, -0.2) is 36.3 Å². The van der Waals surface area contributed by atoms with Gasteiger partial charge in [-0.05, 0) is 12.1 Å². The lowest BCUT2D eigenvalue weighted by Crippen LogP contribution is -2.62. The molecule has 1 aromatic rings. The molecule has 1 saturated carbocycles. The molecule has 20 heavy (non-hydrogen) atoms. The number of nitrogens with one attached hydrogen (secondary N) is 1. The largest absolute Gasteiger partial charge is 0.417 e. The predicted octanol–water partition coefficient (Wildman–Crippen LogP) is 1.47. The van der Waals surface area contributed by atoms with E-state index in [2.05, 4.69) is 9.71 Å². The maximum absolute atomic E-state index is 12.4. The van der Waals surface area contributed by atoms with Crippen LogP contribution in [0.4, 0.5) is 13.2 Å². The number of hydrogen-bond acceptors (Lipinski definition) is 4. The van der Waals surface area contributed by atoms with Gasteiger partial charge >= 0.3 is 6.18 Å². The molecule has 112 valence electrons. The van der Waals surface area contributed by atoms with Crippen molar-refractivity contribution in [1.29, 1.82) is 0 Å². The normalized spacial score (nSPS) is 27.1. The SMILES string of the molecule is O=S(=O)(NC1CC(O)(C(F)(F)F)C1)c1cccnc1Cl. The van der Waals surface area contributed by atoms with Crippen LogP contribution in [0.25, 0.3) is 0 Å². The Bertz CT molecular complexity index is 614. The van der Waals surface area contributed by atoms with Crippen LogP contribution in [0.1, 0.15) is 12.8 Å². The third-order valence-corrected chi connectivity index (χ3v) is 5.00. The minimum absolute atomic E-state index is 0.273. The van der Waals surface area contributed by atoms with E-state index in [4.69, 9.17) is 11.6 Å². The molecule has 0 unspecified atom stereocenters. The highest BCUT2D eigenvalue weighted by atomic mass is 35.5. The molecule has 1 fully saturated rings. The van der Waals surface area contributed by atoms with E-state index >= 15 is 0 Å². The van der Waals surface area contributed by atoms with Crippen LogP contribution >= 0.6 is 11.6 Å². The first-order chi connectivity index (χ1) is 9.05. The highest BCUT2D eigenvalue weighted by molar-refractivity contribution is 7.89. The molecule has 1 aliphatic carbocycles. The first-order valence-electron chi connectivity index (χ1n) is 5.47. The minimum atomic E-state index is -4.78. The number of pyridine rings is 1. The van der Waals surface area contributed by atoms with Crippen LogP contribution in [0, 0.1) is 0 Å². The second kappa shape index (κ2) is 4.83. The quantitative estimate of drug-likeness (QED) is 0.823. The topological polar surface area (TPSA) is 79.3 Å². The lowest BCUT2D eigenvalue weighted by molar-refractivity contribution is -0.290. The number of hydrogen-bond donors (Lipinski definition) is 2. The summed E-state index contributed by atoms with van der Waals surface area (Å²) >= 11 is 5.62. The summed E-state index contributed by atoms with van der Waals surface area (Å²) < 4.78 is 63.2. The molecule has 0 bridgehead atoms. The summed E-state index contributed by atoms with van der Waals surface area (Å²) in [7, 11) is -4.07. The van der Waals surface area contributed by atoms with Crippen molar-refractivity contribution >= 4 is 21.6 Å². The van der Waals surface area contributed by atoms with Crippen molar-refractivity contribution in [3.8, 4) is 0 Å². The number of alkyl halides is 3. The molecular weight excluding hydrogens is 321 g/mol. The van der Waals surface area contributed by atoms with Gasteiger partial charge in [0.2, 0.25) is 10.0 Å². The summed E-state index contributed by atoms with van der Waals surface area (Å²) in [6, 6.07) is 1.53. The summed E-state index contributed by atoms with van der Waals surface area (Å²) in [6.45, 7) is 0. The summed E-state index contributed by atoms with van der Waals surface area (Å²) in [5, 5.41) is 8.97. The van der Waals surface area contributed by atoms with Crippen LogP contribution in [-0.2, 0) is 10.0 Å². The number of nitrogens with zero attached hydrogens (tertiary/aromatic N) is 1. The van der Waals surface area contributed by atoms with Gasteiger partial charge in [-0.25, -0.2) is 18.1 Å². The van der Waals surface area contributed by atoms with Crippen molar-refractivity contribution in [3.05, 3.63) is 23.5 Å². The van der Waals surface area contributed by atoms with Gasteiger partial charge in [0.05, 0.1) is 0 Å². The Labute approximate surface area is 117 Å². The fourth-order valence-corrected chi connectivity index (χ4v) is 3.61. The third kappa shape index (κ3) is 2.76. The van der Waals surface area contributed by atoms with Gasteiger partial charge in [-0.3, -0.25) is 0 Å². The van der Waals surface area contributed by atoms with Gasteiger partial charge in [0.25, 0.3) is 0 Å². The van der Waals surface area contributed by atoms with Gasteiger partial charge < -0.3 is 5.11 Å². The smallest absolute Gasteiger partial charge is 0.380 e. The van der Waals surface area contributed by atoms with Gasteiger partial charge in [-0.2, -0.15) is 13.2 Å². The van der Waals surface area contributed by atoms with E-state index in [1.165, 1.54) is 18.3 Å². The molecule has 5 nitrogen and oxygen atoms in total. The zero-order valence-electron chi connectivity index (χ0n) is 9.85. The molecule has 1 heterocycles. The Morgan fingerprint density at radius 2 is 2.05 bits per heavy atom. The lowest BCUT2D eigenvalue weighted by Gasteiger charge is -2.44. The summed E-state index contributed by atoms with van der Waals surface area (Å²) in [5.74, 6) is 0. The van der Waals surface area contributed by atoms with E-state index in [-0.39, 0.29) is 10.0 Å². The van der Waals surface area contributed by atoms with Gasteiger partial charge in [0.1, 0.15) is 10.0 Å². The van der Waals surface area contributed by atoms with Crippen molar-refractivity contribution < 1.29 is 26.7 Å².